The Labute approximate surface area is 123 Å². The minimum atomic E-state index is -1.08. The molecule has 0 radical (unpaired) electrons. The summed E-state index contributed by atoms with van der Waals surface area (Å²) in [7, 11) is 0. The molecule has 0 fully saturated rings. The van der Waals surface area contributed by atoms with Gasteiger partial charge in [0.15, 0.2) is 0 Å². The van der Waals surface area contributed by atoms with E-state index in [2.05, 4.69) is 6.92 Å². The Balaban J connectivity index is 1.95. The molecule has 0 bridgehead atoms. The van der Waals surface area contributed by atoms with Gasteiger partial charge in [-0.3, -0.25) is 0 Å². The highest BCUT2D eigenvalue weighted by atomic mass is 16.5. The average molecular weight is 290 g/mol. The van der Waals surface area contributed by atoms with Crippen molar-refractivity contribution in [3.63, 3.8) is 0 Å². The fraction of sp³-hybridized carbons (Fsp3) is 0.312. The van der Waals surface area contributed by atoms with Gasteiger partial charge in [-0.1, -0.05) is 6.92 Å². The van der Waals surface area contributed by atoms with Crippen LogP contribution >= 0.6 is 0 Å². The Hall–Kier alpha value is -2.43. The summed E-state index contributed by atoms with van der Waals surface area (Å²) < 4.78 is 16.2. The van der Waals surface area contributed by atoms with E-state index in [1.165, 1.54) is 6.07 Å². The Bertz CT molecular complexity index is 598. The fourth-order valence-corrected chi connectivity index (χ4v) is 1.78. The number of aromatic carboxylic acids is 1. The molecule has 21 heavy (non-hydrogen) atoms. The lowest BCUT2D eigenvalue weighted by Gasteiger charge is -2.07. The topological polar surface area (TPSA) is 68.9 Å². The highest BCUT2D eigenvalue weighted by molar-refractivity contribution is 5.84. The van der Waals surface area contributed by atoms with Crippen LogP contribution in [-0.4, -0.2) is 17.7 Å². The van der Waals surface area contributed by atoms with Crippen molar-refractivity contribution in [3.05, 3.63) is 47.4 Å². The minimum Gasteiger partial charge on any atom is -0.494 e. The Morgan fingerprint density at radius 2 is 1.81 bits per heavy atom. The normalized spacial score (nSPS) is 10.4. The largest absolute Gasteiger partial charge is 0.494 e. The van der Waals surface area contributed by atoms with Gasteiger partial charge in [0.1, 0.15) is 23.9 Å². The number of carboxylic acid groups (broad SMARTS) is 1. The quantitative estimate of drug-likeness (QED) is 0.842. The maximum absolute atomic E-state index is 10.8. The van der Waals surface area contributed by atoms with Crippen LogP contribution in [0.4, 0.5) is 0 Å². The first kappa shape index (κ1) is 15.0. The number of carbonyl (C=O) groups is 1. The van der Waals surface area contributed by atoms with E-state index in [9.17, 15) is 4.79 Å². The highest BCUT2D eigenvalue weighted by Gasteiger charge is 2.13. The first-order valence-electron chi connectivity index (χ1n) is 6.78. The average Bonchev–Trinajstić information content (AvgIpc) is 2.85. The number of ether oxygens (including phenoxy) is 2. The van der Waals surface area contributed by atoms with Crippen molar-refractivity contribution in [1.29, 1.82) is 0 Å². The van der Waals surface area contributed by atoms with E-state index >= 15 is 0 Å². The Kier molecular flexibility index (Phi) is 4.87. The van der Waals surface area contributed by atoms with Crippen molar-refractivity contribution in [2.75, 3.05) is 6.61 Å². The first-order valence-corrected chi connectivity index (χ1v) is 6.78. The van der Waals surface area contributed by atoms with E-state index in [1.54, 1.807) is 6.92 Å². The van der Waals surface area contributed by atoms with Crippen LogP contribution in [-0.2, 0) is 6.61 Å². The van der Waals surface area contributed by atoms with Crippen LogP contribution in [0.2, 0.25) is 0 Å². The second-order valence-electron chi connectivity index (χ2n) is 4.61. The van der Waals surface area contributed by atoms with Gasteiger partial charge < -0.3 is 19.0 Å². The number of aryl methyl sites for hydroxylation is 1. The third-order valence-corrected chi connectivity index (χ3v) is 2.92. The van der Waals surface area contributed by atoms with Crippen LogP contribution in [0.25, 0.3) is 0 Å². The molecule has 1 aromatic heterocycles. The van der Waals surface area contributed by atoms with Crippen LogP contribution in [0.3, 0.4) is 0 Å². The number of furan rings is 1. The number of hydrogen-bond acceptors (Lipinski definition) is 4. The second-order valence-corrected chi connectivity index (χ2v) is 4.61. The maximum Gasteiger partial charge on any atom is 0.371 e. The molecule has 1 aromatic carbocycles. The van der Waals surface area contributed by atoms with Crippen molar-refractivity contribution < 1.29 is 23.8 Å². The lowest BCUT2D eigenvalue weighted by atomic mass is 10.2. The zero-order valence-corrected chi connectivity index (χ0v) is 12.1. The summed E-state index contributed by atoms with van der Waals surface area (Å²) in [6.45, 7) is 4.72. The molecule has 1 N–H and O–H groups in total. The van der Waals surface area contributed by atoms with Crippen LogP contribution in [0.5, 0.6) is 11.5 Å². The summed E-state index contributed by atoms with van der Waals surface area (Å²) in [5.41, 5.74) is 0.721. The Morgan fingerprint density at radius 3 is 2.33 bits per heavy atom. The molecule has 0 atom stereocenters. The molecule has 5 nitrogen and oxygen atoms in total. The molecule has 0 amide bonds. The van der Waals surface area contributed by atoms with Crippen molar-refractivity contribution in [3.8, 4) is 11.5 Å². The van der Waals surface area contributed by atoms with Gasteiger partial charge in [-0.25, -0.2) is 4.79 Å². The highest BCUT2D eigenvalue weighted by Crippen LogP contribution is 2.21. The van der Waals surface area contributed by atoms with Crippen molar-refractivity contribution in [2.24, 2.45) is 0 Å². The monoisotopic (exact) mass is 290 g/mol. The third-order valence-electron chi connectivity index (χ3n) is 2.92. The Morgan fingerprint density at radius 1 is 1.19 bits per heavy atom. The van der Waals surface area contributed by atoms with Gasteiger partial charge in [0, 0.05) is 5.56 Å². The van der Waals surface area contributed by atoms with Crippen molar-refractivity contribution in [1.82, 2.24) is 0 Å². The standard InChI is InChI=1S/C16H18O5/c1-3-8-19-13-4-6-14(7-5-13)20-10-12-9-15(16(17)18)21-11(12)2/h4-7,9H,3,8,10H2,1-2H3,(H,17,18). The van der Waals surface area contributed by atoms with Gasteiger partial charge in [-0.2, -0.15) is 0 Å². The SMILES string of the molecule is CCCOc1ccc(OCc2cc(C(=O)O)oc2C)cc1. The molecule has 5 heteroatoms. The zero-order valence-electron chi connectivity index (χ0n) is 12.1. The van der Waals surface area contributed by atoms with E-state index in [1.807, 2.05) is 24.3 Å². The maximum atomic E-state index is 10.8. The first-order chi connectivity index (χ1) is 10.1. The third kappa shape index (κ3) is 4.02. The molecule has 0 saturated heterocycles. The minimum absolute atomic E-state index is 0.0746. The summed E-state index contributed by atoms with van der Waals surface area (Å²) in [4.78, 5) is 10.8. The molecule has 2 rings (SSSR count). The molecule has 0 aliphatic heterocycles. The molecular weight excluding hydrogens is 272 g/mol. The molecule has 0 saturated carbocycles. The van der Waals surface area contributed by atoms with Gasteiger partial charge in [-0.15, -0.1) is 0 Å². The molecular formula is C16H18O5. The molecule has 112 valence electrons. The van der Waals surface area contributed by atoms with Crippen LogP contribution in [0, 0.1) is 6.92 Å². The van der Waals surface area contributed by atoms with Crippen LogP contribution < -0.4 is 9.47 Å². The van der Waals surface area contributed by atoms with Gasteiger partial charge in [0.05, 0.1) is 6.61 Å². The van der Waals surface area contributed by atoms with Crippen molar-refractivity contribution in [2.45, 2.75) is 26.9 Å². The number of benzene rings is 1. The van der Waals surface area contributed by atoms with Gasteiger partial charge in [0.25, 0.3) is 0 Å². The lowest BCUT2D eigenvalue weighted by Crippen LogP contribution is -1.97. The molecule has 0 aliphatic carbocycles. The zero-order chi connectivity index (χ0) is 15.2. The number of rotatable bonds is 7. The molecule has 0 aliphatic rings. The van der Waals surface area contributed by atoms with Crippen LogP contribution in [0.15, 0.2) is 34.7 Å². The summed E-state index contributed by atoms with van der Waals surface area (Å²) in [5, 5.41) is 8.86. The molecule has 0 unspecified atom stereocenters. The van der Waals surface area contributed by atoms with E-state index in [0.29, 0.717) is 18.1 Å². The summed E-state index contributed by atoms with van der Waals surface area (Å²) >= 11 is 0. The second kappa shape index (κ2) is 6.83. The lowest BCUT2D eigenvalue weighted by molar-refractivity contribution is 0.0661. The van der Waals surface area contributed by atoms with Gasteiger partial charge >= 0.3 is 5.97 Å². The van der Waals surface area contributed by atoms with Crippen LogP contribution in [0.1, 0.15) is 35.2 Å². The van der Waals surface area contributed by atoms with E-state index < -0.39 is 5.97 Å². The van der Waals surface area contributed by atoms with Gasteiger partial charge in [-0.05, 0) is 43.7 Å². The van der Waals surface area contributed by atoms with E-state index in [-0.39, 0.29) is 12.4 Å². The predicted octanol–water partition coefficient (Wildman–Crippen LogP) is 3.65. The fourth-order valence-electron chi connectivity index (χ4n) is 1.78. The molecule has 2 aromatic rings. The molecule has 0 spiro atoms. The number of hydrogen-bond donors (Lipinski definition) is 1. The smallest absolute Gasteiger partial charge is 0.371 e. The van der Waals surface area contributed by atoms with Gasteiger partial charge in [0.2, 0.25) is 5.76 Å². The number of carboxylic acids is 1. The predicted molar refractivity (Wildman–Crippen MR) is 77.0 cm³/mol. The van der Waals surface area contributed by atoms with Crippen molar-refractivity contribution >= 4 is 5.97 Å². The molecule has 1 heterocycles. The summed E-state index contributed by atoms with van der Waals surface area (Å²) in [5.74, 6) is 0.889. The summed E-state index contributed by atoms with van der Waals surface area (Å²) in [6, 6.07) is 8.80. The van der Waals surface area contributed by atoms with E-state index in [0.717, 1.165) is 17.7 Å². The summed E-state index contributed by atoms with van der Waals surface area (Å²) in [6.07, 6.45) is 0.962. The van der Waals surface area contributed by atoms with E-state index in [4.69, 9.17) is 19.0 Å².